The normalized spacial score (nSPS) is 27.4. The van der Waals surface area contributed by atoms with Crippen molar-refractivity contribution in [1.29, 1.82) is 0 Å². The second kappa shape index (κ2) is 5.72. The van der Waals surface area contributed by atoms with Gasteiger partial charge < -0.3 is 5.32 Å². The molecule has 0 radical (unpaired) electrons. The Morgan fingerprint density at radius 1 is 1.28 bits per heavy atom. The zero-order chi connectivity index (χ0) is 13.1. The van der Waals surface area contributed by atoms with Gasteiger partial charge in [-0.05, 0) is 24.7 Å². The number of hydrogen-bond donors (Lipinski definition) is 1. The van der Waals surface area contributed by atoms with Gasteiger partial charge in [0.2, 0.25) is 0 Å². The summed E-state index contributed by atoms with van der Waals surface area (Å²) in [5, 5.41) is 2.83. The molecule has 102 valence electrons. The third-order valence-corrected chi connectivity index (χ3v) is 4.43. The zero-order valence-electron chi connectivity index (χ0n) is 11.4. The van der Waals surface area contributed by atoms with Gasteiger partial charge in [-0.15, -0.1) is 0 Å². The monoisotopic (exact) mass is 252 g/mol. The van der Waals surface area contributed by atoms with Gasteiger partial charge in [0.25, 0.3) is 5.91 Å². The SMILES string of the molecule is CCC(C)C1NC(=O)N(CC2CCCCC2)C1=O. The van der Waals surface area contributed by atoms with E-state index < -0.39 is 0 Å². The number of amides is 3. The molecule has 2 atom stereocenters. The molecule has 3 amide bonds. The van der Waals surface area contributed by atoms with Crippen molar-refractivity contribution in [2.24, 2.45) is 11.8 Å². The average Bonchev–Trinajstić information content (AvgIpc) is 2.67. The highest BCUT2D eigenvalue weighted by Crippen LogP contribution is 2.26. The second-order valence-corrected chi connectivity index (χ2v) is 5.77. The summed E-state index contributed by atoms with van der Waals surface area (Å²) in [6.07, 6.45) is 7.00. The van der Waals surface area contributed by atoms with Gasteiger partial charge >= 0.3 is 6.03 Å². The maximum absolute atomic E-state index is 12.2. The lowest BCUT2D eigenvalue weighted by Crippen LogP contribution is -2.37. The maximum atomic E-state index is 12.2. The summed E-state index contributed by atoms with van der Waals surface area (Å²) in [6.45, 7) is 4.69. The quantitative estimate of drug-likeness (QED) is 0.782. The summed E-state index contributed by atoms with van der Waals surface area (Å²) in [6, 6.07) is -0.484. The molecule has 2 aliphatic rings. The Hall–Kier alpha value is -1.06. The Morgan fingerprint density at radius 2 is 1.94 bits per heavy atom. The van der Waals surface area contributed by atoms with Gasteiger partial charge in [0, 0.05) is 6.54 Å². The molecule has 2 rings (SSSR count). The first kappa shape index (κ1) is 13.4. The maximum Gasteiger partial charge on any atom is 0.324 e. The number of carbonyl (C=O) groups is 2. The molecule has 1 saturated heterocycles. The van der Waals surface area contributed by atoms with Crippen molar-refractivity contribution in [2.45, 2.75) is 58.4 Å². The highest BCUT2D eigenvalue weighted by atomic mass is 16.2. The van der Waals surface area contributed by atoms with Gasteiger partial charge in [-0.25, -0.2) is 4.79 Å². The van der Waals surface area contributed by atoms with E-state index in [0.717, 1.165) is 19.3 Å². The van der Waals surface area contributed by atoms with Gasteiger partial charge in [-0.3, -0.25) is 9.69 Å². The molecule has 1 heterocycles. The molecule has 2 unspecified atom stereocenters. The zero-order valence-corrected chi connectivity index (χ0v) is 11.4. The van der Waals surface area contributed by atoms with E-state index in [2.05, 4.69) is 5.32 Å². The summed E-state index contributed by atoms with van der Waals surface area (Å²) in [7, 11) is 0. The number of urea groups is 1. The Morgan fingerprint density at radius 3 is 2.56 bits per heavy atom. The molecule has 0 bridgehead atoms. The van der Waals surface area contributed by atoms with Gasteiger partial charge in [0.1, 0.15) is 6.04 Å². The van der Waals surface area contributed by atoms with Crippen molar-refractivity contribution in [1.82, 2.24) is 10.2 Å². The van der Waals surface area contributed by atoms with E-state index in [1.165, 1.54) is 24.2 Å². The third-order valence-electron chi connectivity index (χ3n) is 4.43. The van der Waals surface area contributed by atoms with Crippen molar-refractivity contribution in [2.75, 3.05) is 6.54 Å². The van der Waals surface area contributed by atoms with Crippen LogP contribution in [-0.4, -0.2) is 29.4 Å². The minimum atomic E-state index is -0.300. The lowest BCUT2D eigenvalue weighted by atomic mass is 9.89. The van der Waals surface area contributed by atoms with E-state index in [9.17, 15) is 9.59 Å². The predicted molar refractivity (Wildman–Crippen MR) is 70.1 cm³/mol. The average molecular weight is 252 g/mol. The van der Waals surface area contributed by atoms with Crippen LogP contribution in [0.3, 0.4) is 0 Å². The predicted octanol–water partition coefficient (Wildman–Crippen LogP) is 2.53. The lowest BCUT2D eigenvalue weighted by molar-refractivity contribution is -0.129. The van der Waals surface area contributed by atoms with E-state index in [-0.39, 0.29) is 23.9 Å². The van der Waals surface area contributed by atoms with Crippen molar-refractivity contribution in [3.63, 3.8) is 0 Å². The van der Waals surface area contributed by atoms with Crippen molar-refractivity contribution in [3.05, 3.63) is 0 Å². The molecule has 1 aliphatic carbocycles. The van der Waals surface area contributed by atoms with Crippen LogP contribution in [0.15, 0.2) is 0 Å². The summed E-state index contributed by atoms with van der Waals surface area (Å²) in [5.41, 5.74) is 0. The number of rotatable bonds is 4. The Kier molecular flexibility index (Phi) is 4.25. The fourth-order valence-electron chi connectivity index (χ4n) is 2.96. The molecule has 0 aromatic rings. The Balaban J connectivity index is 1.96. The highest BCUT2D eigenvalue weighted by Gasteiger charge is 2.41. The number of imide groups is 1. The van der Waals surface area contributed by atoms with E-state index in [1.807, 2.05) is 13.8 Å². The Bertz CT molecular complexity index is 324. The van der Waals surface area contributed by atoms with Crippen LogP contribution >= 0.6 is 0 Å². The van der Waals surface area contributed by atoms with Gasteiger partial charge in [-0.1, -0.05) is 39.5 Å². The highest BCUT2D eigenvalue weighted by molar-refractivity contribution is 6.04. The molecule has 0 spiro atoms. The number of carbonyl (C=O) groups excluding carboxylic acids is 2. The van der Waals surface area contributed by atoms with Crippen molar-refractivity contribution >= 4 is 11.9 Å². The third kappa shape index (κ3) is 2.68. The minimum absolute atomic E-state index is 0.0140. The molecule has 4 heteroatoms. The molecule has 0 aromatic heterocycles. The number of nitrogens with zero attached hydrogens (tertiary/aromatic N) is 1. The molecular formula is C14H24N2O2. The van der Waals surface area contributed by atoms with Crippen LogP contribution in [0.5, 0.6) is 0 Å². The van der Waals surface area contributed by atoms with Gasteiger partial charge in [0.05, 0.1) is 0 Å². The van der Waals surface area contributed by atoms with Crippen LogP contribution in [0.4, 0.5) is 4.79 Å². The fraction of sp³-hybridized carbons (Fsp3) is 0.857. The Labute approximate surface area is 109 Å². The molecular weight excluding hydrogens is 228 g/mol. The first-order valence-corrected chi connectivity index (χ1v) is 7.25. The first-order valence-electron chi connectivity index (χ1n) is 7.25. The van der Waals surface area contributed by atoms with E-state index in [0.29, 0.717) is 12.5 Å². The van der Waals surface area contributed by atoms with Crippen LogP contribution in [0.1, 0.15) is 52.4 Å². The van der Waals surface area contributed by atoms with Crippen LogP contribution in [-0.2, 0) is 4.79 Å². The second-order valence-electron chi connectivity index (χ2n) is 5.77. The first-order chi connectivity index (χ1) is 8.63. The van der Waals surface area contributed by atoms with E-state index >= 15 is 0 Å². The summed E-state index contributed by atoms with van der Waals surface area (Å²) in [5.74, 6) is 0.724. The van der Waals surface area contributed by atoms with Crippen LogP contribution in [0.2, 0.25) is 0 Å². The summed E-state index contributed by atoms with van der Waals surface area (Å²) >= 11 is 0. The molecule has 0 aromatic carbocycles. The number of nitrogens with one attached hydrogen (secondary N) is 1. The molecule has 1 saturated carbocycles. The molecule has 1 N–H and O–H groups in total. The molecule has 1 aliphatic heterocycles. The minimum Gasteiger partial charge on any atom is -0.326 e. The van der Waals surface area contributed by atoms with Gasteiger partial charge in [-0.2, -0.15) is 0 Å². The topological polar surface area (TPSA) is 49.4 Å². The fourth-order valence-corrected chi connectivity index (χ4v) is 2.96. The van der Waals surface area contributed by atoms with E-state index in [4.69, 9.17) is 0 Å². The summed E-state index contributed by atoms with van der Waals surface area (Å²) in [4.78, 5) is 25.6. The van der Waals surface area contributed by atoms with Crippen molar-refractivity contribution in [3.8, 4) is 0 Å². The largest absolute Gasteiger partial charge is 0.326 e. The van der Waals surface area contributed by atoms with Crippen molar-refractivity contribution < 1.29 is 9.59 Å². The van der Waals surface area contributed by atoms with Gasteiger partial charge in [0.15, 0.2) is 0 Å². The molecule has 4 nitrogen and oxygen atoms in total. The van der Waals surface area contributed by atoms with Crippen LogP contribution in [0, 0.1) is 11.8 Å². The lowest BCUT2D eigenvalue weighted by Gasteiger charge is -2.25. The molecule has 2 fully saturated rings. The van der Waals surface area contributed by atoms with Crippen LogP contribution in [0.25, 0.3) is 0 Å². The molecule has 18 heavy (non-hydrogen) atoms. The van der Waals surface area contributed by atoms with Crippen LogP contribution < -0.4 is 5.32 Å². The smallest absolute Gasteiger partial charge is 0.324 e. The standard InChI is InChI=1S/C14H24N2O2/c1-3-10(2)12-13(17)16(14(18)15-12)9-11-7-5-4-6-8-11/h10-12H,3-9H2,1-2H3,(H,15,18). The van der Waals surface area contributed by atoms with E-state index in [1.54, 1.807) is 0 Å². The summed E-state index contributed by atoms with van der Waals surface area (Å²) < 4.78 is 0. The number of hydrogen-bond acceptors (Lipinski definition) is 2.